The number of hydrogen-bond donors (Lipinski definition) is 1. The Morgan fingerprint density at radius 2 is 1.55 bits per heavy atom. The summed E-state index contributed by atoms with van der Waals surface area (Å²) >= 11 is 0. The van der Waals surface area contributed by atoms with Gasteiger partial charge in [0.2, 0.25) is 0 Å². The quantitative estimate of drug-likeness (QED) is 0.304. The highest BCUT2D eigenvalue weighted by Crippen LogP contribution is 2.30. The summed E-state index contributed by atoms with van der Waals surface area (Å²) in [7, 11) is 1.24. The summed E-state index contributed by atoms with van der Waals surface area (Å²) in [5.74, 6) is -1.51. The maximum absolute atomic E-state index is 13.8. The molecule has 0 spiro atoms. The van der Waals surface area contributed by atoms with Crippen molar-refractivity contribution < 1.29 is 23.9 Å². The van der Waals surface area contributed by atoms with Gasteiger partial charge in [0.1, 0.15) is 0 Å². The normalized spacial score (nSPS) is 12.8. The molecule has 2 amide bonds. The molecule has 1 N–H and O–H groups in total. The lowest BCUT2D eigenvalue weighted by Crippen LogP contribution is -2.33. The number of carbonyl (C=O) groups excluding carboxylic acids is 4. The van der Waals surface area contributed by atoms with E-state index in [1.807, 2.05) is 55.5 Å². The Morgan fingerprint density at radius 1 is 0.800 bits per heavy atom. The SMILES string of the molecule is COC(=O)c1cc(NC(=O)c2ccccc2-c2ccccc2)ccc1C(=O)N1CCCC(=O)c2cc(C)ccc21. The van der Waals surface area contributed by atoms with Crippen molar-refractivity contribution >= 4 is 34.9 Å². The van der Waals surface area contributed by atoms with Crippen molar-refractivity contribution in [2.24, 2.45) is 0 Å². The van der Waals surface area contributed by atoms with Crippen molar-refractivity contribution in [3.63, 3.8) is 0 Å². The summed E-state index contributed by atoms with van der Waals surface area (Å²) in [6.45, 7) is 2.22. The molecule has 1 heterocycles. The predicted molar refractivity (Wildman–Crippen MR) is 154 cm³/mol. The van der Waals surface area contributed by atoms with Crippen LogP contribution in [0.4, 0.5) is 11.4 Å². The lowest BCUT2D eigenvalue weighted by atomic mass is 9.99. The highest BCUT2D eigenvalue weighted by Gasteiger charge is 2.29. The van der Waals surface area contributed by atoms with Gasteiger partial charge in [-0.15, -0.1) is 0 Å². The van der Waals surface area contributed by atoms with Gasteiger partial charge in [0.15, 0.2) is 5.78 Å². The van der Waals surface area contributed by atoms with Crippen LogP contribution in [-0.4, -0.2) is 37.2 Å². The van der Waals surface area contributed by atoms with E-state index in [9.17, 15) is 19.2 Å². The van der Waals surface area contributed by atoms with E-state index in [2.05, 4.69) is 5.32 Å². The van der Waals surface area contributed by atoms with Crippen LogP contribution in [-0.2, 0) is 4.74 Å². The van der Waals surface area contributed by atoms with Crippen molar-refractivity contribution in [1.29, 1.82) is 0 Å². The number of ether oxygens (including phenoxy) is 1. The lowest BCUT2D eigenvalue weighted by molar-refractivity contribution is 0.0596. The number of benzene rings is 4. The fourth-order valence-electron chi connectivity index (χ4n) is 4.95. The second-order valence-electron chi connectivity index (χ2n) is 9.62. The molecular formula is C33H28N2O5. The van der Waals surface area contributed by atoms with E-state index in [1.54, 1.807) is 30.3 Å². The highest BCUT2D eigenvalue weighted by atomic mass is 16.5. The molecular weight excluding hydrogens is 504 g/mol. The van der Waals surface area contributed by atoms with Gasteiger partial charge in [-0.1, -0.05) is 60.2 Å². The lowest BCUT2D eigenvalue weighted by Gasteiger charge is -2.24. The molecule has 1 aliphatic heterocycles. The molecule has 7 nitrogen and oxygen atoms in total. The molecule has 0 unspecified atom stereocenters. The molecule has 0 atom stereocenters. The Bertz CT molecular complexity index is 1630. The number of nitrogens with zero attached hydrogens (tertiary/aromatic N) is 1. The largest absolute Gasteiger partial charge is 0.465 e. The van der Waals surface area contributed by atoms with Crippen molar-refractivity contribution in [1.82, 2.24) is 0 Å². The Morgan fingerprint density at radius 3 is 2.33 bits per heavy atom. The van der Waals surface area contributed by atoms with Crippen molar-refractivity contribution in [2.75, 3.05) is 23.9 Å². The average molecular weight is 533 g/mol. The van der Waals surface area contributed by atoms with Crippen molar-refractivity contribution in [3.05, 3.63) is 119 Å². The number of nitrogens with one attached hydrogen (secondary N) is 1. The van der Waals surface area contributed by atoms with E-state index < -0.39 is 11.9 Å². The summed E-state index contributed by atoms with van der Waals surface area (Å²) in [6, 6.07) is 26.8. The molecule has 0 fully saturated rings. The van der Waals surface area contributed by atoms with Crippen LogP contribution in [0.25, 0.3) is 11.1 Å². The van der Waals surface area contributed by atoms with Gasteiger partial charge in [-0.25, -0.2) is 4.79 Å². The van der Waals surface area contributed by atoms with Gasteiger partial charge in [-0.05, 0) is 60.9 Å². The van der Waals surface area contributed by atoms with Gasteiger partial charge in [0.25, 0.3) is 11.8 Å². The second-order valence-corrected chi connectivity index (χ2v) is 9.62. The van der Waals surface area contributed by atoms with Crippen LogP contribution in [0.3, 0.4) is 0 Å². The molecule has 1 aliphatic rings. The van der Waals surface area contributed by atoms with E-state index >= 15 is 0 Å². The fraction of sp³-hybridized carbons (Fsp3) is 0.152. The van der Waals surface area contributed by atoms with Gasteiger partial charge >= 0.3 is 5.97 Å². The maximum atomic E-state index is 13.8. The number of hydrogen-bond acceptors (Lipinski definition) is 5. The number of aryl methyl sites for hydroxylation is 1. The third-order valence-electron chi connectivity index (χ3n) is 6.94. The van der Waals surface area contributed by atoms with E-state index in [4.69, 9.17) is 4.74 Å². The molecule has 0 radical (unpaired) electrons. The Balaban J connectivity index is 1.48. The molecule has 0 saturated carbocycles. The molecule has 0 aromatic heterocycles. The minimum absolute atomic E-state index is 0.0176. The minimum Gasteiger partial charge on any atom is -0.465 e. The topological polar surface area (TPSA) is 92.8 Å². The molecule has 0 saturated heterocycles. The van der Waals surface area contributed by atoms with Crippen LogP contribution in [0.2, 0.25) is 0 Å². The van der Waals surface area contributed by atoms with Gasteiger partial charge in [0, 0.05) is 29.8 Å². The van der Waals surface area contributed by atoms with E-state index in [0.29, 0.717) is 41.9 Å². The number of ketones is 1. The van der Waals surface area contributed by atoms with Crippen molar-refractivity contribution in [3.8, 4) is 11.1 Å². The third kappa shape index (κ3) is 5.27. The fourth-order valence-corrected chi connectivity index (χ4v) is 4.95. The van der Waals surface area contributed by atoms with Crippen LogP contribution < -0.4 is 10.2 Å². The molecule has 4 aromatic rings. The number of methoxy groups -OCH3 is 1. The first-order chi connectivity index (χ1) is 19.4. The summed E-state index contributed by atoms with van der Waals surface area (Å²) in [4.78, 5) is 54.2. The molecule has 40 heavy (non-hydrogen) atoms. The number of anilines is 2. The number of Topliss-reactive ketones (excluding diaryl/α,β-unsaturated/α-hetero) is 1. The number of amides is 2. The molecule has 0 bridgehead atoms. The van der Waals surface area contributed by atoms with Crippen LogP contribution >= 0.6 is 0 Å². The molecule has 7 heteroatoms. The summed E-state index contributed by atoms with van der Waals surface area (Å²) in [6.07, 6.45) is 0.834. The van der Waals surface area contributed by atoms with Gasteiger partial charge in [0.05, 0.1) is 23.9 Å². The van der Waals surface area contributed by atoms with E-state index in [-0.39, 0.29) is 22.8 Å². The number of esters is 1. The molecule has 0 aliphatic carbocycles. The molecule has 200 valence electrons. The second kappa shape index (κ2) is 11.4. The Hall–Kier alpha value is -5.04. The maximum Gasteiger partial charge on any atom is 0.338 e. The number of carbonyl (C=O) groups is 4. The van der Waals surface area contributed by atoms with Crippen LogP contribution in [0.15, 0.2) is 91.0 Å². The zero-order valence-corrected chi connectivity index (χ0v) is 22.3. The molecule has 4 aromatic carbocycles. The Labute approximate surface area is 232 Å². The summed E-state index contributed by atoms with van der Waals surface area (Å²) in [5.41, 5.74) is 4.55. The van der Waals surface area contributed by atoms with Crippen LogP contribution in [0, 0.1) is 6.92 Å². The number of rotatable bonds is 5. The van der Waals surface area contributed by atoms with Gasteiger partial charge in [-0.3, -0.25) is 14.4 Å². The molecule has 5 rings (SSSR count). The highest BCUT2D eigenvalue weighted by molar-refractivity contribution is 6.16. The predicted octanol–water partition coefficient (Wildman–Crippen LogP) is 6.32. The van der Waals surface area contributed by atoms with Gasteiger partial charge < -0.3 is 15.0 Å². The van der Waals surface area contributed by atoms with Crippen LogP contribution in [0.5, 0.6) is 0 Å². The summed E-state index contributed by atoms with van der Waals surface area (Å²) < 4.78 is 4.99. The average Bonchev–Trinajstić information content (AvgIpc) is 3.15. The zero-order chi connectivity index (χ0) is 28.2. The number of fused-ring (bicyclic) bond motifs is 1. The zero-order valence-electron chi connectivity index (χ0n) is 22.3. The summed E-state index contributed by atoms with van der Waals surface area (Å²) in [5, 5.41) is 2.85. The monoisotopic (exact) mass is 532 g/mol. The first kappa shape index (κ1) is 26.6. The van der Waals surface area contributed by atoms with Crippen molar-refractivity contribution in [2.45, 2.75) is 19.8 Å². The Kier molecular flexibility index (Phi) is 7.55. The first-order valence-corrected chi connectivity index (χ1v) is 13.0. The van der Waals surface area contributed by atoms with E-state index in [0.717, 1.165) is 16.7 Å². The van der Waals surface area contributed by atoms with E-state index in [1.165, 1.54) is 24.1 Å². The first-order valence-electron chi connectivity index (χ1n) is 13.0. The van der Waals surface area contributed by atoms with Gasteiger partial charge in [-0.2, -0.15) is 0 Å². The third-order valence-corrected chi connectivity index (χ3v) is 6.94. The minimum atomic E-state index is -0.709. The smallest absolute Gasteiger partial charge is 0.338 e. The standard InChI is InChI=1S/C33H28N2O5/c1-21-14-17-29-28(19-21)30(36)13-8-18-35(29)32(38)26-16-15-23(20-27(26)33(39)40-2)34-31(37)25-12-7-6-11-24(25)22-9-4-3-5-10-22/h3-7,9-12,14-17,19-20H,8,13,18H2,1-2H3,(H,34,37). The van der Waals surface area contributed by atoms with Crippen LogP contribution in [0.1, 0.15) is 59.8 Å².